The van der Waals surface area contributed by atoms with E-state index in [0.29, 0.717) is 30.8 Å². The van der Waals surface area contributed by atoms with Gasteiger partial charge in [0.25, 0.3) is 0 Å². The van der Waals surface area contributed by atoms with Crippen molar-refractivity contribution in [2.24, 2.45) is 5.92 Å². The van der Waals surface area contributed by atoms with Crippen molar-refractivity contribution in [1.29, 1.82) is 0 Å². The summed E-state index contributed by atoms with van der Waals surface area (Å²) in [6.07, 6.45) is 6.29. The summed E-state index contributed by atoms with van der Waals surface area (Å²) in [4.78, 5) is 17.2. The zero-order chi connectivity index (χ0) is 22.9. The van der Waals surface area contributed by atoms with E-state index in [1.165, 1.54) is 4.31 Å². The molecule has 0 aliphatic carbocycles. The number of amides is 1. The summed E-state index contributed by atoms with van der Waals surface area (Å²) in [5, 5.41) is 2.96. The molecule has 0 saturated carbocycles. The first kappa shape index (κ1) is 22.2. The Kier molecular flexibility index (Phi) is 6.17. The molecule has 4 rings (SSSR count). The molecule has 1 N–H and O–H groups in total. The van der Waals surface area contributed by atoms with Crippen LogP contribution in [0.1, 0.15) is 29.5 Å². The van der Waals surface area contributed by atoms with Gasteiger partial charge < -0.3 is 9.88 Å². The highest BCUT2D eigenvalue weighted by Gasteiger charge is 2.33. The number of aromatic nitrogens is 2. The molecule has 1 fully saturated rings. The number of hydrogen-bond donors (Lipinski definition) is 1. The molecular weight excluding hydrogens is 424 g/mol. The molecule has 8 heteroatoms. The van der Waals surface area contributed by atoms with E-state index < -0.39 is 10.0 Å². The average Bonchev–Trinajstić information content (AvgIpc) is 3.28. The van der Waals surface area contributed by atoms with Gasteiger partial charge in [0, 0.05) is 42.8 Å². The third-order valence-electron chi connectivity index (χ3n) is 5.96. The zero-order valence-corrected chi connectivity index (χ0v) is 19.4. The van der Waals surface area contributed by atoms with Crippen LogP contribution in [0, 0.1) is 26.7 Å². The van der Waals surface area contributed by atoms with E-state index in [1.54, 1.807) is 12.5 Å². The molecule has 1 amide bonds. The first-order chi connectivity index (χ1) is 15.3. The smallest absolute Gasteiger partial charge is 0.243 e. The maximum absolute atomic E-state index is 13.3. The largest absolute Gasteiger partial charge is 0.326 e. The number of rotatable bonds is 5. The van der Waals surface area contributed by atoms with Crippen molar-refractivity contribution in [3.8, 4) is 5.69 Å². The fourth-order valence-corrected chi connectivity index (χ4v) is 6.32. The van der Waals surface area contributed by atoms with Gasteiger partial charge in [-0.25, -0.2) is 13.4 Å². The van der Waals surface area contributed by atoms with E-state index in [2.05, 4.69) is 10.3 Å². The number of carbonyl (C=O) groups is 1. The molecule has 0 atom stereocenters. The molecule has 1 aliphatic heterocycles. The Labute approximate surface area is 189 Å². The molecule has 1 saturated heterocycles. The van der Waals surface area contributed by atoms with Gasteiger partial charge in [-0.05, 0) is 69.0 Å². The van der Waals surface area contributed by atoms with Crippen molar-refractivity contribution in [2.45, 2.75) is 38.5 Å². The number of hydrogen-bond acceptors (Lipinski definition) is 4. The van der Waals surface area contributed by atoms with Gasteiger partial charge in [0.15, 0.2) is 0 Å². The number of anilines is 1. The van der Waals surface area contributed by atoms with Crippen molar-refractivity contribution in [3.05, 3.63) is 71.8 Å². The highest BCUT2D eigenvalue weighted by atomic mass is 32.2. The second kappa shape index (κ2) is 8.88. The number of piperidine rings is 1. The van der Waals surface area contributed by atoms with Gasteiger partial charge in [-0.3, -0.25) is 4.79 Å². The Hall–Kier alpha value is -2.97. The van der Waals surface area contributed by atoms with Gasteiger partial charge in [0.2, 0.25) is 15.9 Å². The monoisotopic (exact) mass is 452 g/mol. The molecule has 168 valence electrons. The minimum absolute atomic E-state index is 0.0693. The van der Waals surface area contributed by atoms with E-state index in [9.17, 15) is 13.2 Å². The summed E-state index contributed by atoms with van der Waals surface area (Å²) in [6, 6.07) is 11.3. The van der Waals surface area contributed by atoms with Crippen molar-refractivity contribution in [2.75, 3.05) is 18.4 Å². The van der Waals surface area contributed by atoms with Gasteiger partial charge in [-0.2, -0.15) is 4.31 Å². The highest BCUT2D eigenvalue weighted by molar-refractivity contribution is 7.89. The molecule has 0 unspecified atom stereocenters. The number of carbonyl (C=O) groups excluding carboxylic acids is 1. The van der Waals surface area contributed by atoms with Crippen LogP contribution in [0.4, 0.5) is 5.69 Å². The Morgan fingerprint density at radius 1 is 1.03 bits per heavy atom. The molecule has 1 aromatic heterocycles. The standard InChI is InChI=1S/C24H28N4O3S/c1-17-14-18(2)23(19(3)15-17)32(30,31)28-11-8-20(9-12-28)24(29)26-21-4-6-22(7-5-21)27-13-10-25-16-27/h4-7,10,13-16,20H,8-9,11-12H2,1-3H3,(H,26,29). The minimum atomic E-state index is -3.58. The van der Waals surface area contributed by atoms with Crippen molar-refractivity contribution in [3.63, 3.8) is 0 Å². The van der Waals surface area contributed by atoms with Crippen LogP contribution in [0.25, 0.3) is 5.69 Å². The van der Waals surface area contributed by atoms with E-state index in [-0.39, 0.29) is 11.8 Å². The highest BCUT2D eigenvalue weighted by Crippen LogP contribution is 2.29. The predicted molar refractivity (Wildman–Crippen MR) is 124 cm³/mol. The average molecular weight is 453 g/mol. The molecule has 0 radical (unpaired) electrons. The molecule has 0 spiro atoms. The van der Waals surface area contributed by atoms with Gasteiger partial charge in [0.05, 0.1) is 11.2 Å². The second-order valence-corrected chi connectivity index (χ2v) is 10.3. The maximum Gasteiger partial charge on any atom is 0.243 e. The van der Waals surface area contributed by atoms with E-state index >= 15 is 0 Å². The summed E-state index contributed by atoms with van der Waals surface area (Å²) in [7, 11) is -3.58. The van der Waals surface area contributed by atoms with Crippen LogP contribution in [0.3, 0.4) is 0 Å². The fraction of sp³-hybridized carbons (Fsp3) is 0.333. The molecule has 2 aromatic carbocycles. The third kappa shape index (κ3) is 4.47. The summed E-state index contributed by atoms with van der Waals surface area (Å²) in [6.45, 7) is 6.32. The van der Waals surface area contributed by atoms with Crippen LogP contribution < -0.4 is 5.32 Å². The summed E-state index contributed by atoms with van der Waals surface area (Å²) >= 11 is 0. The van der Waals surface area contributed by atoms with Crippen molar-refractivity contribution in [1.82, 2.24) is 13.9 Å². The fourth-order valence-electron chi connectivity index (χ4n) is 4.43. The summed E-state index contributed by atoms with van der Waals surface area (Å²) in [5.41, 5.74) is 4.26. The van der Waals surface area contributed by atoms with Crippen molar-refractivity contribution >= 4 is 21.6 Å². The minimum Gasteiger partial charge on any atom is -0.326 e. The van der Waals surface area contributed by atoms with Gasteiger partial charge in [0.1, 0.15) is 0 Å². The van der Waals surface area contributed by atoms with Crippen molar-refractivity contribution < 1.29 is 13.2 Å². The third-order valence-corrected chi connectivity index (χ3v) is 8.17. The van der Waals surface area contributed by atoms with Crippen LogP contribution in [0.5, 0.6) is 0 Å². The first-order valence-corrected chi connectivity index (χ1v) is 12.2. The Morgan fingerprint density at radius 2 is 1.66 bits per heavy atom. The van der Waals surface area contributed by atoms with Gasteiger partial charge in [-0.15, -0.1) is 0 Å². The molecule has 1 aliphatic rings. The van der Waals surface area contributed by atoms with Crippen LogP contribution in [-0.2, 0) is 14.8 Å². The van der Waals surface area contributed by atoms with Gasteiger partial charge >= 0.3 is 0 Å². The second-order valence-electron chi connectivity index (χ2n) is 8.41. The quantitative estimate of drug-likeness (QED) is 0.638. The normalized spacial score (nSPS) is 15.6. The lowest BCUT2D eigenvalue weighted by Gasteiger charge is -2.31. The van der Waals surface area contributed by atoms with Crippen LogP contribution in [0.15, 0.2) is 60.0 Å². The Bertz CT molecular complexity index is 1190. The van der Waals surface area contributed by atoms with E-state index in [4.69, 9.17) is 0 Å². The van der Waals surface area contributed by atoms with E-state index in [1.807, 2.05) is 67.9 Å². The molecule has 3 aromatic rings. The SMILES string of the molecule is Cc1cc(C)c(S(=O)(=O)N2CCC(C(=O)Nc3ccc(-n4ccnc4)cc3)CC2)c(C)c1. The van der Waals surface area contributed by atoms with Crippen LogP contribution >= 0.6 is 0 Å². The van der Waals surface area contributed by atoms with Gasteiger partial charge in [-0.1, -0.05) is 17.7 Å². The van der Waals surface area contributed by atoms with E-state index in [0.717, 1.165) is 28.1 Å². The van der Waals surface area contributed by atoms with Crippen LogP contribution in [-0.4, -0.2) is 41.3 Å². The summed E-state index contributed by atoms with van der Waals surface area (Å²) in [5.74, 6) is -0.282. The molecule has 7 nitrogen and oxygen atoms in total. The Morgan fingerprint density at radius 3 is 2.22 bits per heavy atom. The molecular formula is C24H28N4O3S. The number of benzene rings is 2. The molecule has 2 heterocycles. The zero-order valence-electron chi connectivity index (χ0n) is 18.6. The number of sulfonamides is 1. The molecule has 32 heavy (non-hydrogen) atoms. The predicted octanol–water partition coefficient (Wildman–Crippen LogP) is 3.84. The first-order valence-electron chi connectivity index (χ1n) is 10.7. The maximum atomic E-state index is 13.3. The topological polar surface area (TPSA) is 84.3 Å². The lowest BCUT2D eigenvalue weighted by atomic mass is 9.97. The number of nitrogens with zero attached hydrogens (tertiary/aromatic N) is 3. The number of aryl methyl sites for hydroxylation is 3. The number of nitrogens with one attached hydrogen (secondary N) is 1. The lowest BCUT2D eigenvalue weighted by Crippen LogP contribution is -2.41. The Balaban J connectivity index is 1.38. The number of imidazole rings is 1. The molecule has 0 bridgehead atoms. The van der Waals surface area contributed by atoms with Crippen LogP contribution in [0.2, 0.25) is 0 Å². The summed E-state index contributed by atoms with van der Waals surface area (Å²) < 4.78 is 29.9. The lowest BCUT2D eigenvalue weighted by molar-refractivity contribution is -0.120.